The zero-order valence-electron chi connectivity index (χ0n) is 14.9. The summed E-state index contributed by atoms with van der Waals surface area (Å²) in [7, 11) is -6.95. The molecular weight excluding hydrogens is 360 g/mol. The lowest BCUT2D eigenvalue weighted by molar-refractivity contribution is 0.201. The average molecular weight is 389 g/mol. The Kier molecular flexibility index (Phi) is 7.01. The maximum absolute atomic E-state index is 12.4. The zero-order valence-corrected chi connectivity index (χ0v) is 16.6. The van der Waals surface area contributed by atoms with Gasteiger partial charge in [-0.2, -0.15) is 0 Å². The van der Waals surface area contributed by atoms with Crippen molar-refractivity contribution < 1.29 is 16.8 Å². The highest BCUT2D eigenvalue weighted by Crippen LogP contribution is 2.16. The Bertz CT molecular complexity index is 752. The van der Waals surface area contributed by atoms with Gasteiger partial charge < -0.3 is 4.90 Å². The first-order valence-corrected chi connectivity index (χ1v) is 11.9. The largest absolute Gasteiger partial charge is 0.303 e. The SMILES string of the molecule is CCS(=O)(=O)c1ccc(S(=O)(=O)NCC(C)CN2CCCCC2)cc1. The fraction of sp³-hybridized carbons (Fsp3) is 0.647. The molecule has 0 aliphatic carbocycles. The first-order valence-electron chi connectivity index (χ1n) is 8.79. The van der Waals surface area contributed by atoms with Gasteiger partial charge in [0.1, 0.15) is 0 Å². The Morgan fingerprint density at radius 2 is 1.56 bits per heavy atom. The monoisotopic (exact) mass is 388 g/mol. The van der Waals surface area contributed by atoms with Crippen LogP contribution in [0.15, 0.2) is 34.1 Å². The number of benzene rings is 1. The van der Waals surface area contributed by atoms with E-state index in [1.807, 2.05) is 6.92 Å². The Balaban J connectivity index is 1.94. The topological polar surface area (TPSA) is 83.5 Å². The summed E-state index contributed by atoms with van der Waals surface area (Å²) in [5.74, 6) is 0.207. The molecule has 142 valence electrons. The molecule has 1 unspecified atom stereocenters. The molecule has 0 amide bonds. The van der Waals surface area contributed by atoms with Gasteiger partial charge in [0, 0.05) is 13.1 Å². The molecule has 1 aromatic carbocycles. The third kappa shape index (κ3) is 5.77. The molecule has 1 aliphatic rings. The van der Waals surface area contributed by atoms with E-state index in [4.69, 9.17) is 0 Å². The summed E-state index contributed by atoms with van der Waals surface area (Å²) in [5.41, 5.74) is 0. The lowest BCUT2D eigenvalue weighted by Gasteiger charge is -2.29. The van der Waals surface area contributed by atoms with Crippen molar-refractivity contribution in [3.05, 3.63) is 24.3 Å². The number of rotatable bonds is 8. The molecule has 25 heavy (non-hydrogen) atoms. The molecule has 2 rings (SSSR count). The first kappa shape index (κ1) is 20.4. The smallest absolute Gasteiger partial charge is 0.240 e. The number of sulfone groups is 1. The molecule has 1 atom stereocenters. The van der Waals surface area contributed by atoms with E-state index in [-0.39, 0.29) is 21.5 Å². The molecule has 0 radical (unpaired) electrons. The predicted octanol–water partition coefficient (Wildman–Crippen LogP) is 1.88. The highest BCUT2D eigenvalue weighted by molar-refractivity contribution is 7.91. The summed E-state index contributed by atoms with van der Waals surface area (Å²) in [5, 5.41) is 0. The summed E-state index contributed by atoms with van der Waals surface area (Å²) >= 11 is 0. The van der Waals surface area contributed by atoms with Crippen LogP contribution in [-0.4, -0.2) is 53.7 Å². The number of sulfonamides is 1. The van der Waals surface area contributed by atoms with E-state index in [1.54, 1.807) is 6.92 Å². The van der Waals surface area contributed by atoms with Gasteiger partial charge in [0.25, 0.3) is 0 Å². The Morgan fingerprint density at radius 1 is 1.00 bits per heavy atom. The molecule has 8 heteroatoms. The standard InChI is InChI=1S/C17H28N2O4S2/c1-3-24(20,21)16-7-9-17(10-8-16)25(22,23)18-13-15(2)14-19-11-5-4-6-12-19/h7-10,15,18H,3-6,11-14H2,1-2H3. The quantitative estimate of drug-likeness (QED) is 0.735. The zero-order chi connectivity index (χ0) is 18.5. The molecule has 6 nitrogen and oxygen atoms in total. The van der Waals surface area contributed by atoms with Crippen LogP contribution in [0.3, 0.4) is 0 Å². The average Bonchev–Trinajstić information content (AvgIpc) is 2.61. The minimum Gasteiger partial charge on any atom is -0.303 e. The number of hydrogen-bond donors (Lipinski definition) is 1. The van der Waals surface area contributed by atoms with E-state index in [1.165, 1.54) is 43.5 Å². The van der Waals surface area contributed by atoms with Crippen LogP contribution < -0.4 is 4.72 Å². The van der Waals surface area contributed by atoms with Gasteiger partial charge in [-0.15, -0.1) is 0 Å². The molecule has 0 spiro atoms. The first-order chi connectivity index (χ1) is 11.7. The van der Waals surface area contributed by atoms with Gasteiger partial charge >= 0.3 is 0 Å². The summed E-state index contributed by atoms with van der Waals surface area (Å²) in [4.78, 5) is 2.62. The van der Waals surface area contributed by atoms with Crippen LogP contribution in [0, 0.1) is 5.92 Å². The van der Waals surface area contributed by atoms with Crippen LogP contribution >= 0.6 is 0 Å². The van der Waals surface area contributed by atoms with Crippen molar-refractivity contribution in [3.63, 3.8) is 0 Å². The van der Waals surface area contributed by atoms with Gasteiger partial charge in [-0.05, 0) is 56.1 Å². The number of nitrogens with zero attached hydrogens (tertiary/aromatic N) is 1. The van der Waals surface area contributed by atoms with Crippen LogP contribution in [0.4, 0.5) is 0 Å². The normalized spacial score (nSPS) is 18.2. The van der Waals surface area contributed by atoms with Crippen molar-refractivity contribution in [1.82, 2.24) is 9.62 Å². The lowest BCUT2D eigenvalue weighted by Crippen LogP contribution is -2.38. The van der Waals surface area contributed by atoms with Crippen molar-refractivity contribution in [1.29, 1.82) is 0 Å². The molecule has 0 aromatic heterocycles. The third-order valence-electron chi connectivity index (χ3n) is 4.51. The van der Waals surface area contributed by atoms with E-state index in [9.17, 15) is 16.8 Å². The predicted molar refractivity (Wildman–Crippen MR) is 98.8 cm³/mol. The van der Waals surface area contributed by atoms with Gasteiger partial charge in [0.15, 0.2) is 9.84 Å². The van der Waals surface area contributed by atoms with Crippen LogP contribution in [0.1, 0.15) is 33.1 Å². The molecule has 1 aliphatic heterocycles. The van der Waals surface area contributed by atoms with Crippen LogP contribution in [0.2, 0.25) is 0 Å². The highest BCUT2D eigenvalue weighted by Gasteiger charge is 2.19. The summed E-state index contributed by atoms with van der Waals surface area (Å²) in [6.45, 7) is 7.03. The van der Waals surface area contributed by atoms with Crippen molar-refractivity contribution in [2.45, 2.75) is 42.9 Å². The van der Waals surface area contributed by atoms with Gasteiger partial charge in [0.2, 0.25) is 10.0 Å². The van der Waals surface area contributed by atoms with Gasteiger partial charge in [0.05, 0.1) is 15.5 Å². The third-order valence-corrected chi connectivity index (χ3v) is 7.70. The summed E-state index contributed by atoms with van der Waals surface area (Å²) in [6, 6.07) is 5.40. The molecule has 0 bridgehead atoms. The molecule has 1 heterocycles. The Morgan fingerprint density at radius 3 is 2.12 bits per heavy atom. The van der Waals surface area contributed by atoms with E-state index in [0.717, 1.165) is 19.6 Å². The van der Waals surface area contributed by atoms with Crippen molar-refractivity contribution in [2.75, 3.05) is 31.9 Å². The van der Waals surface area contributed by atoms with Crippen LogP contribution in [-0.2, 0) is 19.9 Å². The van der Waals surface area contributed by atoms with E-state index < -0.39 is 19.9 Å². The fourth-order valence-corrected chi connectivity index (χ4v) is 5.02. The molecule has 1 fully saturated rings. The minimum atomic E-state index is -3.63. The van der Waals surface area contributed by atoms with E-state index in [0.29, 0.717) is 6.54 Å². The van der Waals surface area contributed by atoms with Crippen LogP contribution in [0.25, 0.3) is 0 Å². The van der Waals surface area contributed by atoms with Crippen LogP contribution in [0.5, 0.6) is 0 Å². The van der Waals surface area contributed by atoms with E-state index in [2.05, 4.69) is 9.62 Å². The maximum atomic E-state index is 12.4. The number of piperidine rings is 1. The summed E-state index contributed by atoms with van der Waals surface area (Å²) in [6.07, 6.45) is 3.71. The van der Waals surface area contributed by atoms with Crippen molar-refractivity contribution in [2.24, 2.45) is 5.92 Å². The van der Waals surface area contributed by atoms with E-state index >= 15 is 0 Å². The maximum Gasteiger partial charge on any atom is 0.240 e. The fourth-order valence-electron chi connectivity index (χ4n) is 2.98. The van der Waals surface area contributed by atoms with Crippen molar-refractivity contribution >= 4 is 19.9 Å². The van der Waals surface area contributed by atoms with Gasteiger partial charge in [-0.25, -0.2) is 21.6 Å². The number of likely N-dealkylation sites (tertiary alicyclic amines) is 1. The lowest BCUT2D eigenvalue weighted by atomic mass is 10.1. The molecule has 0 saturated carbocycles. The Labute approximate surface area is 151 Å². The number of nitrogens with one attached hydrogen (secondary N) is 1. The summed E-state index contributed by atoms with van der Waals surface area (Å²) < 4.78 is 51.0. The molecular formula is C17H28N2O4S2. The second-order valence-corrected chi connectivity index (χ2v) is 10.7. The van der Waals surface area contributed by atoms with Crippen molar-refractivity contribution in [3.8, 4) is 0 Å². The second kappa shape index (κ2) is 8.62. The molecule has 1 N–H and O–H groups in total. The minimum absolute atomic E-state index is 0.00857. The van der Waals surface area contributed by atoms with Gasteiger partial charge in [-0.3, -0.25) is 0 Å². The van der Waals surface area contributed by atoms with Gasteiger partial charge in [-0.1, -0.05) is 20.3 Å². The Hall–Kier alpha value is -0.960. The molecule has 1 aromatic rings. The molecule has 1 saturated heterocycles. The second-order valence-electron chi connectivity index (χ2n) is 6.69. The number of hydrogen-bond acceptors (Lipinski definition) is 5. The highest BCUT2D eigenvalue weighted by atomic mass is 32.2.